The molecule has 0 saturated carbocycles. The molecular weight excluding hydrogens is 446 g/mol. The van der Waals surface area contributed by atoms with Gasteiger partial charge in [-0.1, -0.05) is 52.5 Å². The summed E-state index contributed by atoms with van der Waals surface area (Å²) in [7, 11) is 1.50. The Morgan fingerprint density at radius 1 is 1.04 bits per heavy atom. The predicted octanol–water partition coefficient (Wildman–Crippen LogP) is 4.84. The maximum Gasteiger partial charge on any atom is 0.261 e. The molecule has 1 atom stereocenters. The number of halogens is 4. The van der Waals surface area contributed by atoms with Crippen LogP contribution in [0.15, 0.2) is 36.4 Å². The molecule has 0 aromatic heterocycles. The first kappa shape index (κ1) is 22.6. The molecule has 28 heavy (non-hydrogen) atoms. The van der Waals surface area contributed by atoms with E-state index in [1.165, 1.54) is 18.0 Å². The SMILES string of the molecule is CNC(=O)C(C)N(Cc1ccc(Cl)c(Cl)c1)C(=O)COc1ccc(Cl)cc1Cl. The summed E-state index contributed by atoms with van der Waals surface area (Å²) in [5.74, 6) is -0.382. The van der Waals surface area contributed by atoms with E-state index in [0.29, 0.717) is 20.8 Å². The molecule has 0 spiro atoms. The number of carbonyl (C=O) groups is 2. The molecule has 150 valence electrons. The van der Waals surface area contributed by atoms with Gasteiger partial charge >= 0.3 is 0 Å². The second-order valence-electron chi connectivity index (χ2n) is 5.92. The third kappa shape index (κ3) is 5.92. The summed E-state index contributed by atoms with van der Waals surface area (Å²) in [6.07, 6.45) is 0. The summed E-state index contributed by atoms with van der Waals surface area (Å²) < 4.78 is 5.52. The van der Waals surface area contributed by atoms with Gasteiger partial charge in [0.25, 0.3) is 5.91 Å². The van der Waals surface area contributed by atoms with E-state index in [4.69, 9.17) is 51.1 Å². The molecule has 0 fully saturated rings. The maximum atomic E-state index is 12.8. The molecule has 5 nitrogen and oxygen atoms in total. The van der Waals surface area contributed by atoms with Crippen molar-refractivity contribution in [2.75, 3.05) is 13.7 Å². The molecule has 0 bridgehead atoms. The molecule has 9 heteroatoms. The molecule has 0 aliphatic carbocycles. The van der Waals surface area contributed by atoms with E-state index in [1.54, 1.807) is 37.3 Å². The Balaban J connectivity index is 2.18. The molecule has 2 aromatic carbocycles. The molecular formula is C19H18Cl4N2O3. The van der Waals surface area contributed by atoms with Crippen LogP contribution in [0.25, 0.3) is 0 Å². The van der Waals surface area contributed by atoms with Crippen molar-refractivity contribution in [3.05, 3.63) is 62.1 Å². The highest BCUT2D eigenvalue weighted by Gasteiger charge is 2.26. The van der Waals surface area contributed by atoms with E-state index < -0.39 is 11.9 Å². The van der Waals surface area contributed by atoms with Gasteiger partial charge in [0, 0.05) is 18.6 Å². The summed E-state index contributed by atoms with van der Waals surface area (Å²) >= 11 is 23.9. The quantitative estimate of drug-likeness (QED) is 0.638. The molecule has 1 unspecified atom stereocenters. The number of rotatable bonds is 7. The van der Waals surface area contributed by atoms with E-state index in [9.17, 15) is 9.59 Å². The molecule has 2 amide bonds. The molecule has 0 aliphatic rings. The molecule has 2 rings (SSSR count). The van der Waals surface area contributed by atoms with Crippen LogP contribution >= 0.6 is 46.4 Å². The van der Waals surface area contributed by atoms with Crippen LogP contribution < -0.4 is 10.1 Å². The van der Waals surface area contributed by atoms with Gasteiger partial charge in [-0.05, 0) is 42.8 Å². The van der Waals surface area contributed by atoms with Crippen molar-refractivity contribution < 1.29 is 14.3 Å². The molecule has 0 heterocycles. The van der Waals surface area contributed by atoms with Crippen LogP contribution in [0, 0.1) is 0 Å². The summed E-state index contributed by atoms with van der Waals surface area (Å²) in [5, 5.41) is 4.05. The van der Waals surface area contributed by atoms with Crippen LogP contribution in [0.3, 0.4) is 0 Å². The fourth-order valence-electron chi connectivity index (χ4n) is 2.44. The lowest BCUT2D eigenvalue weighted by Crippen LogP contribution is -2.48. The number of benzene rings is 2. The fraction of sp³-hybridized carbons (Fsp3) is 0.263. The van der Waals surface area contributed by atoms with Gasteiger partial charge in [0.15, 0.2) is 6.61 Å². The summed E-state index contributed by atoms with van der Waals surface area (Å²) in [4.78, 5) is 26.3. The van der Waals surface area contributed by atoms with Crippen molar-refractivity contribution in [2.24, 2.45) is 0 Å². The summed E-state index contributed by atoms with van der Waals surface area (Å²) in [6, 6.07) is 8.99. The van der Waals surface area contributed by atoms with Gasteiger partial charge in [0.05, 0.1) is 15.1 Å². The number of nitrogens with zero attached hydrogens (tertiary/aromatic N) is 1. The number of likely N-dealkylation sites (N-methyl/N-ethyl adjacent to an activating group) is 1. The normalized spacial score (nSPS) is 11.6. The van der Waals surface area contributed by atoms with Crippen molar-refractivity contribution in [1.82, 2.24) is 10.2 Å². The number of carbonyl (C=O) groups excluding carboxylic acids is 2. The molecule has 1 N–H and O–H groups in total. The smallest absolute Gasteiger partial charge is 0.261 e. The van der Waals surface area contributed by atoms with Gasteiger partial charge in [-0.25, -0.2) is 0 Å². The van der Waals surface area contributed by atoms with Crippen molar-refractivity contribution in [2.45, 2.75) is 19.5 Å². The van der Waals surface area contributed by atoms with Crippen molar-refractivity contribution >= 4 is 58.2 Å². The first-order valence-electron chi connectivity index (χ1n) is 8.25. The minimum Gasteiger partial charge on any atom is -0.482 e. The fourth-order valence-corrected chi connectivity index (χ4v) is 3.22. The zero-order valence-electron chi connectivity index (χ0n) is 15.1. The van der Waals surface area contributed by atoms with Crippen molar-refractivity contribution in [3.8, 4) is 5.75 Å². The molecule has 0 radical (unpaired) electrons. The number of hydrogen-bond donors (Lipinski definition) is 1. The Morgan fingerprint density at radius 3 is 2.36 bits per heavy atom. The van der Waals surface area contributed by atoms with E-state index in [1.807, 2.05) is 0 Å². The lowest BCUT2D eigenvalue weighted by atomic mass is 10.1. The lowest BCUT2D eigenvalue weighted by molar-refractivity contribution is -0.142. The first-order chi connectivity index (χ1) is 13.2. The van der Waals surface area contributed by atoms with E-state index >= 15 is 0 Å². The monoisotopic (exact) mass is 462 g/mol. The Kier molecular flexibility index (Phi) is 8.25. The van der Waals surface area contributed by atoms with Crippen molar-refractivity contribution in [3.63, 3.8) is 0 Å². The topological polar surface area (TPSA) is 58.6 Å². The van der Waals surface area contributed by atoms with Crippen molar-refractivity contribution in [1.29, 1.82) is 0 Å². The van der Waals surface area contributed by atoms with Crippen LogP contribution in [0.2, 0.25) is 20.1 Å². The van der Waals surface area contributed by atoms with E-state index in [0.717, 1.165) is 5.56 Å². The highest BCUT2D eigenvalue weighted by molar-refractivity contribution is 6.42. The third-order valence-electron chi connectivity index (χ3n) is 4.00. The number of amides is 2. The summed E-state index contributed by atoms with van der Waals surface area (Å²) in [6.45, 7) is 1.48. The second-order valence-corrected chi connectivity index (χ2v) is 7.58. The van der Waals surface area contributed by atoms with Gasteiger partial charge in [0.2, 0.25) is 5.91 Å². The van der Waals surface area contributed by atoms with Crippen LogP contribution in [0.4, 0.5) is 0 Å². The van der Waals surface area contributed by atoms with E-state index in [2.05, 4.69) is 5.32 Å². The van der Waals surface area contributed by atoms with Crippen LogP contribution in [-0.4, -0.2) is 36.4 Å². The largest absolute Gasteiger partial charge is 0.482 e. The average molecular weight is 464 g/mol. The first-order valence-corrected chi connectivity index (χ1v) is 9.77. The zero-order valence-corrected chi connectivity index (χ0v) is 18.2. The minimum absolute atomic E-state index is 0.155. The van der Waals surface area contributed by atoms with Gasteiger partial charge in [-0.3, -0.25) is 9.59 Å². The molecule has 2 aromatic rings. The number of nitrogens with one attached hydrogen (secondary N) is 1. The Hall–Kier alpha value is -1.66. The van der Waals surface area contributed by atoms with Gasteiger partial charge in [0.1, 0.15) is 11.8 Å². The zero-order chi connectivity index (χ0) is 20.8. The highest BCUT2D eigenvalue weighted by Crippen LogP contribution is 2.28. The third-order valence-corrected chi connectivity index (χ3v) is 5.27. The maximum absolute atomic E-state index is 12.8. The van der Waals surface area contributed by atoms with Crippen LogP contribution in [0.5, 0.6) is 5.75 Å². The Labute approximate surface area is 183 Å². The Bertz CT molecular complexity index is 876. The van der Waals surface area contributed by atoms with Gasteiger partial charge in [-0.2, -0.15) is 0 Å². The number of ether oxygens (including phenoxy) is 1. The number of hydrogen-bond acceptors (Lipinski definition) is 3. The van der Waals surface area contributed by atoms with E-state index in [-0.39, 0.29) is 24.1 Å². The average Bonchev–Trinajstić information content (AvgIpc) is 2.66. The minimum atomic E-state index is -0.726. The van der Waals surface area contributed by atoms with Gasteiger partial charge < -0.3 is 15.0 Å². The highest BCUT2D eigenvalue weighted by atomic mass is 35.5. The van der Waals surface area contributed by atoms with Crippen LogP contribution in [-0.2, 0) is 16.1 Å². The summed E-state index contributed by atoms with van der Waals surface area (Å²) in [5.41, 5.74) is 0.725. The van der Waals surface area contributed by atoms with Gasteiger partial charge in [-0.15, -0.1) is 0 Å². The second kappa shape index (κ2) is 10.2. The molecule has 0 aliphatic heterocycles. The predicted molar refractivity (Wildman–Crippen MR) is 112 cm³/mol. The van der Waals surface area contributed by atoms with Crippen LogP contribution in [0.1, 0.15) is 12.5 Å². The molecule has 0 saturated heterocycles. The lowest BCUT2D eigenvalue weighted by Gasteiger charge is -2.28. The standard InChI is InChI=1S/C19H18Cl4N2O3/c1-11(19(27)24-2)25(9-12-3-5-14(21)15(22)7-12)18(26)10-28-17-6-4-13(20)8-16(17)23/h3-8,11H,9-10H2,1-2H3,(H,24,27). The Morgan fingerprint density at radius 2 is 1.75 bits per heavy atom.